The Kier molecular flexibility index (Phi) is 8.02. The Labute approximate surface area is 223 Å². The Morgan fingerprint density at radius 2 is 1.68 bits per heavy atom. The SMILES string of the molecule is Cc1ccc(N2C(=O)C(=Cc3ccc(C(C)C)cc3)N=C2SCc2cccc(S(=O)(=O)N(C)C)c2)cc1. The lowest BCUT2D eigenvalue weighted by atomic mass is 10.0. The van der Waals surface area contributed by atoms with Crippen LogP contribution in [0.1, 0.15) is 42.0 Å². The highest BCUT2D eigenvalue weighted by atomic mass is 32.2. The van der Waals surface area contributed by atoms with Crippen molar-refractivity contribution in [2.45, 2.75) is 37.3 Å². The van der Waals surface area contributed by atoms with Gasteiger partial charge in [-0.15, -0.1) is 0 Å². The molecule has 3 aromatic carbocycles. The van der Waals surface area contributed by atoms with Crippen LogP contribution in [0.3, 0.4) is 0 Å². The Morgan fingerprint density at radius 1 is 1.00 bits per heavy atom. The van der Waals surface area contributed by atoms with Gasteiger partial charge in [-0.25, -0.2) is 17.7 Å². The van der Waals surface area contributed by atoms with Crippen LogP contribution in [-0.2, 0) is 20.6 Å². The Bertz CT molecular complexity index is 1460. The number of benzene rings is 3. The maximum absolute atomic E-state index is 13.5. The van der Waals surface area contributed by atoms with Crippen molar-refractivity contribution in [3.63, 3.8) is 0 Å². The molecule has 1 amide bonds. The molecule has 1 aliphatic heterocycles. The van der Waals surface area contributed by atoms with Crippen LogP contribution >= 0.6 is 11.8 Å². The van der Waals surface area contributed by atoms with E-state index in [1.807, 2.05) is 55.5 Å². The molecular formula is C29H31N3O3S2. The fourth-order valence-electron chi connectivity index (χ4n) is 3.80. The molecule has 0 radical (unpaired) electrons. The highest BCUT2D eigenvalue weighted by Gasteiger charge is 2.32. The normalized spacial score (nSPS) is 15.2. The zero-order chi connectivity index (χ0) is 26.7. The molecule has 192 valence electrons. The summed E-state index contributed by atoms with van der Waals surface area (Å²) in [5, 5.41) is 0.555. The fourth-order valence-corrected chi connectivity index (χ4v) is 5.73. The average molecular weight is 534 g/mol. The summed E-state index contributed by atoms with van der Waals surface area (Å²) in [5.41, 5.74) is 5.18. The Morgan fingerprint density at radius 3 is 2.30 bits per heavy atom. The predicted octanol–water partition coefficient (Wildman–Crippen LogP) is 6.05. The summed E-state index contributed by atoms with van der Waals surface area (Å²) in [6, 6.07) is 22.8. The largest absolute Gasteiger partial charge is 0.283 e. The number of rotatable bonds is 7. The van der Waals surface area contributed by atoms with Crippen molar-refractivity contribution in [2.24, 2.45) is 4.99 Å². The molecule has 0 spiro atoms. The molecule has 0 saturated carbocycles. The molecule has 0 aromatic heterocycles. The van der Waals surface area contributed by atoms with Crippen molar-refractivity contribution >= 4 is 44.6 Å². The van der Waals surface area contributed by atoms with Gasteiger partial charge in [0.25, 0.3) is 5.91 Å². The molecule has 1 aliphatic rings. The first-order valence-corrected chi connectivity index (χ1v) is 14.4. The predicted molar refractivity (Wildman–Crippen MR) is 153 cm³/mol. The molecule has 0 N–H and O–H groups in total. The van der Waals surface area contributed by atoms with E-state index in [-0.39, 0.29) is 10.8 Å². The van der Waals surface area contributed by atoms with Gasteiger partial charge in [0.1, 0.15) is 5.70 Å². The molecule has 0 bridgehead atoms. The first kappa shape index (κ1) is 26.9. The van der Waals surface area contributed by atoms with Crippen molar-refractivity contribution in [3.8, 4) is 0 Å². The number of hydrogen-bond donors (Lipinski definition) is 0. The highest BCUT2D eigenvalue weighted by Crippen LogP contribution is 2.31. The van der Waals surface area contributed by atoms with E-state index in [1.54, 1.807) is 23.1 Å². The van der Waals surface area contributed by atoms with Gasteiger partial charge in [-0.2, -0.15) is 0 Å². The molecule has 3 aromatic rings. The molecule has 8 heteroatoms. The van der Waals surface area contributed by atoms with Gasteiger partial charge < -0.3 is 0 Å². The van der Waals surface area contributed by atoms with Gasteiger partial charge in [0.2, 0.25) is 10.0 Å². The van der Waals surface area contributed by atoms with Crippen LogP contribution < -0.4 is 4.90 Å². The molecule has 0 fully saturated rings. The van der Waals surface area contributed by atoms with E-state index in [0.29, 0.717) is 22.5 Å². The number of aliphatic imine (C=N–C) groups is 1. The molecule has 0 aliphatic carbocycles. The summed E-state index contributed by atoms with van der Waals surface area (Å²) in [6.07, 6.45) is 1.81. The summed E-state index contributed by atoms with van der Waals surface area (Å²) >= 11 is 1.40. The van der Waals surface area contributed by atoms with Gasteiger partial charge in [0.05, 0.1) is 10.6 Å². The van der Waals surface area contributed by atoms with E-state index >= 15 is 0 Å². The first-order valence-electron chi connectivity index (χ1n) is 12.0. The number of amidine groups is 1. The molecule has 1 heterocycles. The number of carbonyl (C=O) groups excluding carboxylic acids is 1. The lowest BCUT2D eigenvalue weighted by molar-refractivity contribution is -0.113. The van der Waals surface area contributed by atoms with Crippen LogP contribution in [0.2, 0.25) is 0 Å². The first-order chi connectivity index (χ1) is 17.6. The minimum atomic E-state index is -3.54. The standard InChI is InChI=1S/C29H31N3O3S2/c1-20(2)24-13-11-22(12-14-24)18-27-28(33)32(25-15-9-21(3)10-16-25)29(30-27)36-19-23-7-6-8-26(17-23)37(34,35)31(4)5/h6-18,20H,19H2,1-5H3. The Hall–Kier alpha value is -3.20. The molecule has 0 saturated heterocycles. The van der Waals surface area contributed by atoms with Crippen LogP contribution in [0.4, 0.5) is 5.69 Å². The summed E-state index contributed by atoms with van der Waals surface area (Å²) in [6.45, 7) is 6.29. The van der Waals surface area contributed by atoms with E-state index < -0.39 is 10.0 Å². The van der Waals surface area contributed by atoms with Crippen LogP contribution in [0, 0.1) is 6.92 Å². The average Bonchev–Trinajstić information content (AvgIpc) is 3.18. The second-order valence-electron chi connectivity index (χ2n) is 9.44. The van der Waals surface area contributed by atoms with Gasteiger partial charge in [-0.3, -0.25) is 9.69 Å². The molecule has 6 nitrogen and oxygen atoms in total. The number of sulfonamides is 1. The van der Waals surface area contributed by atoms with Crippen LogP contribution in [0.15, 0.2) is 88.4 Å². The number of amides is 1. The molecule has 0 atom stereocenters. The van der Waals surface area contributed by atoms with Crippen molar-refractivity contribution in [1.82, 2.24) is 4.31 Å². The lowest BCUT2D eigenvalue weighted by Gasteiger charge is -2.18. The van der Waals surface area contributed by atoms with Gasteiger partial charge >= 0.3 is 0 Å². The third-order valence-corrected chi connectivity index (χ3v) is 8.89. The summed E-state index contributed by atoms with van der Waals surface area (Å²) in [4.78, 5) is 20.1. The van der Waals surface area contributed by atoms with E-state index in [2.05, 4.69) is 26.0 Å². The fraction of sp³-hybridized carbons (Fsp3) is 0.241. The van der Waals surface area contributed by atoms with Gasteiger partial charge in [-0.05, 0) is 59.9 Å². The lowest BCUT2D eigenvalue weighted by Crippen LogP contribution is -2.30. The van der Waals surface area contributed by atoms with Crippen molar-refractivity contribution < 1.29 is 13.2 Å². The molecule has 0 unspecified atom stereocenters. The Balaban J connectivity index is 1.64. The minimum Gasteiger partial charge on any atom is -0.266 e. The quantitative estimate of drug-likeness (QED) is 0.347. The number of hydrogen-bond acceptors (Lipinski definition) is 5. The zero-order valence-electron chi connectivity index (χ0n) is 21.7. The summed E-state index contributed by atoms with van der Waals surface area (Å²) in [7, 11) is -0.509. The van der Waals surface area contributed by atoms with Crippen molar-refractivity contribution in [2.75, 3.05) is 19.0 Å². The molecule has 4 rings (SSSR count). The number of thioether (sulfide) groups is 1. The highest BCUT2D eigenvalue weighted by molar-refractivity contribution is 8.13. The zero-order valence-corrected chi connectivity index (χ0v) is 23.3. The maximum atomic E-state index is 13.5. The van der Waals surface area contributed by atoms with Crippen molar-refractivity contribution in [3.05, 3.63) is 101 Å². The van der Waals surface area contributed by atoms with Crippen molar-refractivity contribution in [1.29, 1.82) is 0 Å². The second kappa shape index (κ2) is 11.0. The summed E-state index contributed by atoms with van der Waals surface area (Å²) in [5.74, 6) is 0.698. The second-order valence-corrected chi connectivity index (χ2v) is 12.5. The number of carbonyl (C=O) groups is 1. The van der Waals surface area contributed by atoms with Crippen LogP contribution in [0.5, 0.6) is 0 Å². The van der Waals surface area contributed by atoms with E-state index in [4.69, 9.17) is 4.99 Å². The monoisotopic (exact) mass is 533 g/mol. The smallest absolute Gasteiger partial charge is 0.266 e. The van der Waals surface area contributed by atoms with Gasteiger partial charge in [0, 0.05) is 19.8 Å². The number of anilines is 1. The van der Waals surface area contributed by atoms with E-state index in [9.17, 15) is 13.2 Å². The van der Waals surface area contributed by atoms with Crippen LogP contribution in [-0.4, -0.2) is 37.9 Å². The maximum Gasteiger partial charge on any atom is 0.283 e. The third kappa shape index (κ3) is 6.04. The topological polar surface area (TPSA) is 70.0 Å². The molecule has 37 heavy (non-hydrogen) atoms. The third-order valence-electron chi connectivity index (χ3n) is 6.07. The number of aryl methyl sites for hydroxylation is 1. The minimum absolute atomic E-state index is 0.191. The van der Waals surface area contributed by atoms with Crippen LogP contribution in [0.25, 0.3) is 6.08 Å². The number of nitrogens with zero attached hydrogens (tertiary/aromatic N) is 3. The van der Waals surface area contributed by atoms with Gasteiger partial charge in [0.15, 0.2) is 5.17 Å². The molecular weight excluding hydrogens is 502 g/mol. The van der Waals surface area contributed by atoms with Gasteiger partial charge in [-0.1, -0.05) is 79.7 Å². The summed E-state index contributed by atoms with van der Waals surface area (Å²) < 4.78 is 26.3. The van der Waals surface area contributed by atoms with E-state index in [0.717, 1.165) is 22.4 Å². The van der Waals surface area contributed by atoms with E-state index in [1.165, 1.54) is 35.7 Å².